The zero-order valence-corrected chi connectivity index (χ0v) is 13.3. The van der Waals surface area contributed by atoms with Gasteiger partial charge in [-0.05, 0) is 37.3 Å². The molecule has 1 fully saturated rings. The van der Waals surface area contributed by atoms with Crippen molar-refractivity contribution in [1.82, 2.24) is 9.97 Å². The number of carbonyl (C=O) groups is 2. The van der Waals surface area contributed by atoms with Gasteiger partial charge in [0.1, 0.15) is 5.75 Å². The zero-order valence-electron chi connectivity index (χ0n) is 13.3. The van der Waals surface area contributed by atoms with Gasteiger partial charge < -0.3 is 9.64 Å². The van der Waals surface area contributed by atoms with Gasteiger partial charge in [0.25, 0.3) is 0 Å². The maximum absolute atomic E-state index is 12.3. The van der Waals surface area contributed by atoms with Crippen molar-refractivity contribution in [2.24, 2.45) is 5.92 Å². The number of hydrogen-bond donors (Lipinski definition) is 1. The molecule has 24 heavy (non-hydrogen) atoms. The number of nitrogens with zero attached hydrogens (tertiary/aromatic N) is 3. The summed E-state index contributed by atoms with van der Waals surface area (Å²) >= 11 is 0. The molecule has 1 aromatic carbocycles. The summed E-state index contributed by atoms with van der Waals surface area (Å²) in [7, 11) is 0. The SMILES string of the molecule is CCOc1ccc(N2CC(C(=O)Nc3ncccn3)CC2=O)cc1. The van der Waals surface area contributed by atoms with E-state index in [1.54, 1.807) is 23.4 Å². The first-order chi connectivity index (χ1) is 11.7. The molecule has 2 amide bonds. The second-order valence-corrected chi connectivity index (χ2v) is 5.39. The minimum absolute atomic E-state index is 0.0757. The third-order valence-corrected chi connectivity index (χ3v) is 3.76. The van der Waals surface area contributed by atoms with Crippen molar-refractivity contribution >= 4 is 23.5 Å². The molecule has 1 atom stereocenters. The van der Waals surface area contributed by atoms with Crippen LogP contribution in [0.2, 0.25) is 0 Å². The standard InChI is InChI=1S/C17H18N4O3/c1-2-24-14-6-4-13(5-7-14)21-11-12(10-15(21)22)16(23)20-17-18-8-3-9-19-17/h3-9,12H,2,10-11H2,1H3,(H,18,19,20,23). The van der Waals surface area contributed by atoms with Crippen molar-refractivity contribution in [2.75, 3.05) is 23.4 Å². The molecule has 2 heterocycles. The topological polar surface area (TPSA) is 84.4 Å². The predicted octanol–water partition coefficient (Wildman–Crippen LogP) is 1.87. The summed E-state index contributed by atoms with van der Waals surface area (Å²) in [6.07, 6.45) is 3.27. The van der Waals surface area contributed by atoms with Crippen LogP contribution in [0.5, 0.6) is 5.75 Å². The molecule has 0 saturated carbocycles. The molecule has 0 aliphatic carbocycles. The van der Waals surface area contributed by atoms with Crippen molar-refractivity contribution in [2.45, 2.75) is 13.3 Å². The number of anilines is 2. The highest BCUT2D eigenvalue weighted by molar-refractivity contribution is 6.03. The van der Waals surface area contributed by atoms with E-state index in [4.69, 9.17) is 4.74 Å². The Kier molecular flexibility index (Phi) is 4.69. The molecular weight excluding hydrogens is 308 g/mol. The van der Waals surface area contributed by atoms with Crippen molar-refractivity contribution in [1.29, 1.82) is 0 Å². The van der Waals surface area contributed by atoms with E-state index in [1.807, 2.05) is 31.2 Å². The van der Waals surface area contributed by atoms with Crippen LogP contribution in [-0.4, -0.2) is 34.9 Å². The average molecular weight is 326 g/mol. The average Bonchev–Trinajstić information content (AvgIpc) is 2.99. The summed E-state index contributed by atoms with van der Waals surface area (Å²) in [4.78, 5) is 34.1. The highest BCUT2D eigenvalue weighted by atomic mass is 16.5. The van der Waals surface area contributed by atoms with Gasteiger partial charge in [-0.15, -0.1) is 0 Å². The van der Waals surface area contributed by atoms with Crippen LogP contribution in [0, 0.1) is 5.92 Å². The van der Waals surface area contributed by atoms with E-state index in [2.05, 4.69) is 15.3 Å². The van der Waals surface area contributed by atoms with Crippen LogP contribution in [0.4, 0.5) is 11.6 Å². The minimum atomic E-state index is -0.423. The Bertz CT molecular complexity index is 718. The van der Waals surface area contributed by atoms with Gasteiger partial charge in [0.15, 0.2) is 0 Å². The van der Waals surface area contributed by atoms with E-state index < -0.39 is 5.92 Å². The van der Waals surface area contributed by atoms with Gasteiger partial charge in [-0.1, -0.05) is 0 Å². The Morgan fingerprint density at radius 1 is 1.29 bits per heavy atom. The van der Waals surface area contributed by atoms with Crippen molar-refractivity contribution in [3.63, 3.8) is 0 Å². The molecule has 1 N–H and O–H groups in total. The number of ether oxygens (including phenoxy) is 1. The number of benzene rings is 1. The van der Waals surface area contributed by atoms with E-state index in [1.165, 1.54) is 0 Å². The van der Waals surface area contributed by atoms with Crippen LogP contribution in [0.3, 0.4) is 0 Å². The smallest absolute Gasteiger partial charge is 0.232 e. The monoisotopic (exact) mass is 326 g/mol. The quantitative estimate of drug-likeness (QED) is 0.906. The third kappa shape index (κ3) is 3.51. The Labute approximate surface area is 139 Å². The number of hydrogen-bond acceptors (Lipinski definition) is 5. The lowest BCUT2D eigenvalue weighted by molar-refractivity contribution is -0.122. The van der Waals surface area contributed by atoms with Crippen molar-refractivity contribution < 1.29 is 14.3 Å². The Hall–Kier alpha value is -2.96. The summed E-state index contributed by atoms with van der Waals surface area (Å²) < 4.78 is 5.39. The molecule has 0 radical (unpaired) electrons. The third-order valence-electron chi connectivity index (χ3n) is 3.76. The minimum Gasteiger partial charge on any atom is -0.494 e. The number of nitrogens with one attached hydrogen (secondary N) is 1. The van der Waals surface area contributed by atoms with Crippen LogP contribution in [0.15, 0.2) is 42.7 Å². The van der Waals surface area contributed by atoms with E-state index in [9.17, 15) is 9.59 Å². The molecular formula is C17H18N4O3. The molecule has 1 saturated heterocycles. The number of rotatable bonds is 5. The Morgan fingerprint density at radius 2 is 2.00 bits per heavy atom. The van der Waals surface area contributed by atoms with Gasteiger partial charge in [-0.25, -0.2) is 9.97 Å². The fourth-order valence-corrected chi connectivity index (χ4v) is 2.60. The highest BCUT2D eigenvalue weighted by Crippen LogP contribution is 2.27. The molecule has 2 aromatic rings. The zero-order chi connectivity index (χ0) is 16.9. The molecule has 1 aliphatic rings. The number of carbonyl (C=O) groups excluding carboxylic acids is 2. The molecule has 7 heteroatoms. The lowest BCUT2D eigenvalue weighted by Gasteiger charge is -2.17. The molecule has 1 aliphatic heterocycles. The van der Waals surface area contributed by atoms with E-state index in [0.29, 0.717) is 13.2 Å². The summed E-state index contributed by atoms with van der Waals surface area (Å²) in [6.45, 7) is 2.84. The van der Waals surface area contributed by atoms with Gasteiger partial charge >= 0.3 is 0 Å². The van der Waals surface area contributed by atoms with Crippen LogP contribution in [0.1, 0.15) is 13.3 Å². The van der Waals surface area contributed by atoms with Crippen molar-refractivity contribution in [3.05, 3.63) is 42.7 Å². The predicted molar refractivity (Wildman–Crippen MR) is 88.7 cm³/mol. The molecule has 124 valence electrons. The second kappa shape index (κ2) is 7.08. The first-order valence-corrected chi connectivity index (χ1v) is 7.78. The van der Waals surface area contributed by atoms with Crippen molar-refractivity contribution in [3.8, 4) is 5.75 Å². The Balaban J connectivity index is 1.65. The van der Waals surface area contributed by atoms with Gasteiger partial charge in [0.2, 0.25) is 17.8 Å². The fraction of sp³-hybridized carbons (Fsp3) is 0.294. The maximum atomic E-state index is 12.3. The van der Waals surface area contributed by atoms with Crippen LogP contribution < -0.4 is 15.0 Å². The highest BCUT2D eigenvalue weighted by Gasteiger charge is 2.35. The molecule has 0 spiro atoms. The molecule has 7 nitrogen and oxygen atoms in total. The first-order valence-electron chi connectivity index (χ1n) is 7.78. The van der Waals surface area contributed by atoms with Crippen LogP contribution in [-0.2, 0) is 9.59 Å². The number of aromatic nitrogens is 2. The first kappa shape index (κ1) is 15.9. The van der Waals surface area contributed by atoms with Crippen LogP contribution >= 0.6 is 0 Å². The van der Waals surface area contributed by atoms with Gasteiger partial charge in [0, 0.05) is 31.0 Å². The van der Waals surface area contributed by atoms with Gasteiger partial charge in [0.05, 0.1) is 12.5 Å². The summed E-state index contributed by atoms with van der Waals surface area (Å²) in [5.41, 5.74) is 0.759. The van der Waals surface area contributed by atoms with E-state index in [-0.39, 0.29) is 24.2 Å². The lowest BCUT2D eigenvalue weighted by atomic mass is 10.1. The van der Waals surface area contributed by atoms with Gasteiger partial charge in [-0.3, -0.25) is 14.9 Å². The maximum Gasteiger partial charge on any atom is 0.232 e. The lowest BCUT2D eigenvalue weighted by Crippen LogP contribution is -2.28. The molecule has 0 bridgehead atoms. The van der Waals surface area contributed by atoms with Crippen LogP contribution in [0.25, 0.3) is 0 Å². The summed E-state index contributed by atoms with van der Waals surface area (Å²) in [6, 6.07) is 8.95. The van der Waals surface area contributed by atoms with Gasteiger partial charge in [-0.2, -0.15) is 0 Å². The summed E-state index contributed by atoms with van der Waals surface area (Å²) in [5.74, 6) is 0.252. The summed E-state index contributed by atoms with van der Waals surface area (Å²) in [5, 5.41) is 2.64. The Morgan fingerprint density at radius 3 is 2.67 bits per heavy atom. The second-order valence-electron chi connectivity index (χ2n) is 5.39. The van der Waals surface area contributed by atoms with E-state index >= 15 is 0 Å². The molecule has 1 unspecified atom stereocenters. The molecule has 1 aromatic heterocycles. The molecule has 3 rings (SSSR count). The normalized spacial score (nSPS) is 17.0. The van der Waals surface area contributed by atoms with E-state index in [0.717, 1.165) is 11.4 Å². The fourth-order valence-electron chi connectivity index (χ4n) is 2.60. The largest absolute Gasteiger partial charge is 0.494 e. The number of amides is 2.